The van der Waals surface area contributed by atoms with E-state index in [1.807, 2.05) is 6.07 Å². The van der Waals surface area contributed by atoms with E-state index in [4.69, 9.17) is 0 Å². The predicted molar refractivity (Wildman–Crippen MR) is 74.0 cm³/mol. The van der Waals surface area contributed by atoms with Crippen LogP contribution < -0.4 is 0 Å². The fraction of sp³-hybridized carbons (Fsp3) is 0.0625. The van der Waals surface area contributed by atoms with Crippen LogP contribution in [0.1, 0.15) is 21.5 Å². The van der Waals surface area contributed by atoms with Crippen LogP contribution in [0.5, 0.6) is 5.75 Å². The van der Waals surface area contributed by atoms with E-state index in [0.717, 1.165) is 16.7 Å². The quantitative estimate of drug-likeness (QED) is 0.855. The third-order valence-corrected chi connectivity index (χ3v) is 2.85. The largest absolute Gasteiger partial charge is 0.508 e. The zero-order valence-electron chi connectivity index (χ0n) is 10.6. The number of phenols is 1. The van der Waals surface area contributed by atoms with Crippen molar-refractivity contribution in [2.75, 3.05) is 7.11 Å². The summed E-state index contributed by atoms with van der Waals surface area (Å²) >= 11 is 0. The molecular weight excluding hydrogens is 240 g/mol. The molecule has 0 heterocycles. The first-order chi connectivity index (χ1) is 9.11. The van der Waals surface area contributed by atoms with E-state index in [1.165, 1.54) is 7.11 Å². The van der Waals surface area contributed by atoms with E-state index in [2.05, 4.69) is 11.3 Å². The molecule has 0 aliphatic heterocycles. The van der Waals surface area contributed by atoms with Crippen LogP contribution in [0.3, 0.4) is 0 Å². The first-order valence-electron chi connectivity index (χ1n) is 5.79. The molecule has 0 saturated heterocycles. The van der Waals surface area contributed by atoms with Crippen molar-refractivity contribution in [3.05, 3.63) is 71.8 Å². The van der Waals surface area contributed by atoms with Crippen LogP contribution in [-0.4, -0.2) is 18.2 Å². The highest BCUT2D eigenvalue weighted by molar-refractivity contribution is 5.90. The number of carbonyl (C=O) groups excluding carboxylic acids is 1. The van der Waals surface area contributed by atoms with Gasteiger partial charge in [-0.05, 0) is 41.0 Å². The van der Waals surface area contributed by atoms with E-state index < -0.39 is 0 Å². The van der Waals surface area contributed by atoms with E-state index >= 15 is 0 Å². The zero-order chi connectivity index (χ0) is 13.8. The minimum absolute atomic E-state index is 0.199. The van der Waals surface area contributed by atoms with Crippen molar-refractivity contribution in [2.45, 2.75) is 0 Å². The molecule has 3 nitrogen and oxygen atoms in total. The third-order valence-electron chi connectivity index (χ3n) is 2.85. The summed E-state index contributed by atoms with van der Waals surface area (Å²) < 4.78 is 4.64. The fourth-order valence-corrected chi connectivity index (χ4v) is 1.79. The molecule has 0 radical (unpaired) electrons. The Morgan fingerprint density at radius 2 is 1.68 bits per heavy atom. The maximum Gasteiger partial charge on any atom is 0.337 e. The first-order valence-corrected chi connectivity index (χ1v) is 5.79. The molecule has 0 aromatic heterocycles. The molecule has 19 heavy (non-hydrogen) atoms. The van der Waals surface area contributed by atoms with Gasteiger partial charge in [0.1, 0.15) is 5.75 Å². The SMILES string of the molecule is C=C(c1ccc(C(=O)OC)cc1)c1cccc(O)c1. The van der Waals surface area contributed by atoms with Crippen LogP contribution in [0, 0.1) is 0 Å². The van der Waals surface area contributed by atoms with Crippen LogP contribution in [0.25, 0.3) is 5.57 Å². The summed E-state index contributed by atoms with van der Waals surface area (Å²) in [6.45, 7) is 4.00. The van der Waals surface area contributed by atoms with E-state index in [9.17, 15) is 9.90 Å². The molecule has 0 unspecified atom stereocenters. The van der Waals surface area contributed by atoms with Crippen LogP contribution in [0.2, 0.25) is 0 Å². The second-order valence-electron chi connectivity index (χ2n) is 4.10. The van der Waals surface area contributed by atoms with Crippen LogP contribution >= 0.6 is 0 Å². The minimum Gasteiger partial charge on any atom is -0.508 e. The molecule has 2 rings (SSSR count). The summed E-state index contributed by atoms with van der Waals surface area (Å²) in [6.07, 6.45) is 0. The van der Waals surface area contributed by atoms with Gasteiger partial charge in [-0.25, -0.2) is 4.79 Å². The minimum atomic E-state index is -0.366. The average molecular weight is 254 g/mol. The van der Waals surface area contributed by atoms with Crippen molar-refractivity contribution < 1.29 is 14.6 Å². The summed E-state index contributed by atoms with van der Waals surface area (Å²) in [7, 11) is 1.35. The molecule has 0 bridgehead atoms. The number of hydrogen-bond donors (Lipinski definition) is 1. The molecular formula is C16H14O3. The molecule has 0 aliphatic rings. The van der Waals surface area contributed by atoms with Crippen LogP contribution in [0.4, 0.5) is 0 Å². The molecule has 0 spiro atoms. The number of carbonyl (C=O) groups is 1. The standard InChI is InChI=1S/C16H14O3/c1-11(14-4-3-5-15(17)10-14)12-6-8-13(9-7-12)16(18)19-2/h3-10,17H,1H2,2H3. The van der Waals surface area contributed by atoms with Crippen molar-refractivity contribution in [1.82, 2.24) is 0 Å². The second kappa shape index (κ2) is 5.40. The van der Waals surface area contributed by atoms with Crippen molar-refractivity contribution >= 4 is 11.5 Å². The van der Waals surface area contributed by atoms with Gasteiger partial charge in [0.05, 0.1) is 12.7 Å². The maximum atomic E-state index is 11.3. The average Bonchev–Trinajstić information content (AvgIpc) is 2.46. The van der Waals surface area contributed by atoms with Gasteiger partial charge in [-0.3, -0.25) is 0 Å². The lowest BCUT2D eigenvalue weighted by molar-refractivity contribution is 0.0600. The van der Waals surface area contributed by atoms with E-state index in [1.54, 1.807) is 42.5 Å². The number of aromatic hydroxyl groups is 1. The highest BCUT2D eigenvalue weighted by Gasteiger charge is 2.07. The lowest BCUT2D eigenvalue weighted by atomic mass is 9.98. The third kappa shape index (κ3) is 2.83. The van der Waals surface area contributed by atoms with Gasteiger partial charge < -0.3 is 9.84 Å². The monoisotopic (exact) mass is 254 g/mol. The number of rotatable bonds is 3. The molecule has 2 aromatic carbocycles. The maximum absolute atomic E-state index is 11.3. The summed E-state index contributed by atoms with van der Waals surface area (Å²) in [4.78, 5) is 11.3. The molecule has 0 saturated carbocycles. The summed E-state index contributed by atoms with van der Waals surface area (Å²) in [5.74, 6) is -0.167. The fourth-order valence-electron chi connectivity index (χ4n) is 1.79. The molecule has 0 amide bonds. The Balaban J connectivity index is 2.27. The zero-order valence-corrected chi connectivity index (χ0v) is 10.6. The van der Waals surface area contributed by atoms with Gasteiger partial charge in [-0.2, -0.15) is 0 Å². The molecule has 1 N–H and O–H groups in total. The summed E-state index contributed by atoms with van der Waals surface area (Å²) in [5, 5.41) is 9.46. The molecule has 96 valence electrons. The van der Waals surface area contributed by atoms with Crippen molar-refractivity contribution in [2.24, 2.45) is 0 Å². The van der Waals surface area contributed by atoms with Crippen LogP contribution in [-0.2, 0) is 4.74 Å². The van der Waals surface area contributed by atoms with Crippen molar-refractivity contribution in [1.29, 1.82) is 0 Å². The number of esters is 1. The number of benzene rings is 2. The lowest BCUT2D eigenvalue weighted by Crippen LogP contribution is -2.00. The molecule has 0 fully saturated rings. The lowest BCUT2D eigenvalue weighted by Gasteiger charge is -2.07. The smallest absolute Gasteiger partial charge is 0.337 e. The molecule has 0 atom stereocenters. The predicted octanol–water partition coefficient (Wildman–Crippen LogP) is 3.24. The van der Waals surface area contributed by atoms with E-state index in [-0.39, 0.29) is 11.7 Å². The highest BCUT2D eigenvalue weighted by atomic mass is 16.5. The van der Waals surface area contributed by atoms with Gasteiger partial charge in [0.25, 0.3) is 0 Å². The van der Waals surface area contributed by atoms with Crippen molar-refractivity contribution in [3.8, 4) is 5.75 Å². The highest BCUT2D eigenvalue weighted by Crippen LogP contribution is 2.24. The van der Waals surface area contributed by atoms with Gasteiger partial charge in [0.15, 0.2) is 0 Å². The van der Waals surface area contributed by atoms with Gasteiger partial charge in [0, 0.05) is 0 Å². The first kappa shape index (κ1) is 12.9. The van der Waals surface area contributed by atoms with Crippen LogP contribution in [0.15, 0.2) is 55.1 Å². The van der Waals surface area contributed by atoms with Crippen molar-refractivity contribution in [3.63, 3.8) is 0 Å². The van der Waals surface area contributed by atoms with Gasteiger partial charge >= 0.3 is 5.97 Å². The molecule has 2 aromatic rings. The Morgan fingerprint density at radius 3 is 2.26 bits per heavy atom. The number of hydrogen-bond acceptors (Lipinski definition) is 3. The number of ether oxygens (including phenoxy) is 1. The summed E-state index contributed by atoms with van der Waals surface area (Å²) in [5.41, 5.74) is 3.01. The second-order valence-corrected chi connectivity index (χ2v) is 4.10. The topological polar surface area (TPSA) is 46.5 Å². The Hall–Kier alpha value is -2.55. The molecule has 3 heteroatoms. The number of phenolic OH excluding ortho intramolecular Hbond substituents is 1. The Bertz CT molecular complexity index is 612. The van der Waals surface area contributed by atoms with Gasteiger partial charge in [-0.15, -0.1) is 0 Å². The number of methoxy groups -OCH3 is 1. The normalized spacial score (nSPS) is 9.95. The van der Waals surface area contributed by atoms with Gasteiger partial charge in [0.2, 0.25) is 0 Å². The Morgan fingerprint density at radius 1 is 1.05 bits per heavy atom. The van der Waals surface area contributed by atoms with Gasteiger partial charge in [-0.1, -0.05) is 30.8 Å². The molecule has 0 aliphatic carbocycles. The Kier molecular flexibility index (Phi) is 3.66. The Labute approximate surface area is 111 Å². The summed E-state index contributed by atoms with van der Waals surface area (Å²) in [6, 6.07) is 13.9. The van der Waals surface area contributed by atoms with E-state index in [0.29, 0.717) is 5.56 Å².